The van der Waals surface area contributed by atoms with Gasteiger partial charge in [-0.2, -0.15) is 0 Å². The van der Waals surface area contributed by atoms with Gasteiger partial charge in [0.2, 0.25) is 0 Å². The number of thiophene rings is 1. The van der Waals surface area contributed by atoms with Crippen LogP contribution < -0.4 is 19.5 Å². The average molecular weight is 481 g/mol. The lowest BCUT2D eigenvalue weighted by molar-refractivity contribution is 0.0858. The maximum absolute atomic E-state index is 13.3. The van der Waals surface area contributed by atoms with Crippen molar-refractivity contribution < 1.29 is 27.4 Å². The smallest absolute Gasteiger partial charge is 0.266 e. The van der Waals surface area contributed by atoms with Crippen LogP contribution in [0, 0.1) is 0 Å². The number of benzene rings is 1. The van der Waals surface area contributed by atoms with Crippen LogP contribution in [-0.2, 0) is 27.6 Å². The second kappa shape index (κ2) is 9.68. The summed E-state index contributed by atoms with van der Waals surface area (Å²) in [6, 6.07) is 4.58. The second-order valence-electron chi connectivity index (χ2n) is 7.88. The number of carbonyl (C=O) groups excluding carboxylic acids is 1. The number of methoxy groups -OCH3 is 2. The summed E-state index contributed by atoms with van der Waals surface area (Å²) in [4.78, 5) is 14.2. The number of ether oxygens (including phenoxy) is 3. The van der Waals surface area contributed by atoms with Crippen LogP contribution in [0.3, 0.4) is 0 Å². The van der Waals surface area contributed by atoms with Crippen molar-refractivity contribution in [1.82, 2.24) is 5.32 Å². The van der Waals surface area contributed by atoms with Crippen molar-refractivity contribution in [2.45, 2.75) is 49.5 Å². The molecule has 174 valence electrons. The Balaban J connectivity index is 1.66. The number of hydrogen-bond donors (Lipinski definition) is 2. The predicted octanol–water partition coefficient (Wildman–Crippen LogP) is 3.35. The van der Waals surface area contributed by atoms with E-state index in [0.29, 0.717) is 29.5 Å². The molecule has 1 aromatic heterocycles. The van der Waals surface area contributed by atoms with Crippen molar-refractivity contribution in [1.29, 1.82) is 0 Å². The van der Waals surface area contributed by atoms with E-state index >= 15 is 0 Å². The van der Waals surface area contributed by atoms with Crippen molar-refractivity contribution in [2.75, 3.05) is 32.1 Å². The number of hydrogen-bond acceptors (Lipinski definition) is 7. The Bertz CT molecular complexity index is 1090. The maximum Gasteiger partial charge on any atom is 0.266 e. The minimum Gasteiger partial charge on any atom is -0.497 e. The number of carbonyl (C=O) groups is 1. The molecule has 1 amide bonds. The van der Waals surface area contributed by atoms with Crippen molar-refractivity contribution >= 4 is 32.3 Å². The third kappa shape index (κ3) is 4.72. The maximum atomic E-state index is 13.3. The predicted molar refractivity (Wildman–Crippen MR) is 123 cm³/mol. The highest BCUT2D eigenvalue weighted by atomic mass is 32.2. The van der Waals surface area contributed by atoms with E-state index in [9.17, 15) is 13.2 Å². The molecule has 2 heterocycles. The van der Waals surface area contributed by atoms with Crippen molar-refractivity contribution in [2.24, 2.45) is 0 Å². The van der Waals surface area contributed by atoms with Crippen molar-refractivity contribution in [3.8, 4) is 11.5 Å². The third-order valence-corrected chi connectivity index (χ3v) is 8.51. The number of amides is 1. The van der Waals surface area contributed by atoms with Gasteiger partial charge < -0.3 is 19.5 Å². The van der Waals surface area contributed by atoms with Gasteiger partial charge in [-0.25, -0.2) is 8.42 Å². The first-order valence-corrected chi connectivity index (χ1v) is 13.0. The molecule has 1 aliphatic carbocycles. The molecule has 0 radical (unpaired) electrons. The van der Waals surface area contributed by atoms with Gasteiger partial charge in [-0.05, 0) is 56.2 Å². The molecular formula is C22H28N2O6S2. The fraction of sp³-hybridized carbons (Fsp3) is 0.500. The van der Waals surface area contributed by atoms with Crippen LogP contribution in [0.2, 0.25) is 0 Å². The number of rotatable bonds is 8. The number of aryl methyl sites for hydroxylation is 1. The van der Waals surface area contributed by atoms with Gasteiger partial charge in [0.25, 0.3) is 15.9 Å². The molecule has 1 atom stereocenters. The molecule has 2 aliphatic rings. The summed E-state index contributed by atoms with van der Waals surface area (Å²) in [7, 11) is -1.14. The second-order valence-corrected chi connectivity index (χ2v) is 10.6. The third-order valence-electron chi connectivity index (χ3n) is 5.80. The van der Waals surface area contributed by atoms with Gasteiger partial charge in [0.05, 0.1) is 25.9 Å². The lowest BCUT2D eigenvalue weighted by Gasteiger charge is -2.16. The van der Waals surface area contributed by atoms with E-state index < -0.39 is 10.0 Å². The van der Waals surface area contributed by atoms with Crippen molar-refractivity contribution in [3.05, 3.63) is 34.2 Å². The standard InChI is InChI=1S/C22H28N2O6S2/c1-28-14-9-10-17(29-2)19(12-14)32(26,27)24-22-20(16-7-3-4-8-18(16)31-22)21(25)23-13-15-6-5-11-30-15/h9-10,12,15,24H,3-8,11,13H2,1-2H3,(H,23,25)/t15-/m0/s1. The van der Waals surface area contributed by atoms with Gasteiger partial charge in [-0.3, -0.25) is 9.52 Å². The van der Waals surface area contributed by atoms with E-state index in [4.69, 9.17) is 14.2 Å². The Morgan fingerprint density at radius 1 is 1.19 bits per heavy atom. The minimum absolute atomic E-state index is 0.00889. The molecule has 0 spiro atoms. The Morgan fingerprint density at radius 3 is 2.72 bits per heavy atom. The van der Waals surface area contributed by atoms with Gasteiger partial charge in [0.1, 0.15) is 21.4 Å². The molecule has 32 heavy (non-hydrogen) atoms. The van der Waals surface area contributed by atoms with Crippen LogP contribution in [0.25, 0.3) is 0 Å². The van der Waals surface area contributed by atoms with E-state index in [0.717, 1.165) is 49.0 Å². The highest BCUT2D eigenvalue weighted by molar-refractivity contribution is 7.93. The fourth-order valence-electron chi connectivity index (χ4n) is 4.15. The highest BCUT2D eigenvalue weighted by Gasteiger charge is 2.30. The van der Waals surface area contributed by atoms with Crippen LogP contribution >= 0.6 is 11.3 Å². The number of fused-ring (bicyclic) bond motifs is 1. The van der Waals surface area contributed by atoms with Gasteiger partial charge in [0, 0.05) is 24.1 Å². The topological polar surface area (TPSA) is 103 Å². The lowest BCUT2D eigenvalue weighted by Crippen LogP contribution is -2.32. The Labute approximate surface area is 192 Å². The monoisotopic (exact) mass is 480 g/mol. The molecule has 2 aromatic rings. The summed E-state index contributed by atoms with van der Waals surface area (Å²) in [5, 5.41) is 3.29. The van der Waals surface area contributed by atoms with Gasteiger partial charge >= 0.3 is 0 Å². The van der Waals surface area contributed by atoms with E-state index in [1.807, 2.05) is 0 Å². The quantitative estimate of drug-likeness (QED) is 0.601. The first-order valence-electron chi connectivity index (χ1n) is 10.7. The summed E-state index contributed by atoms with van der Waals surface area (Å²) < 4.78 is 45.3. The Morgan fingerprint density at radius 2 is 2.00 bits per heavy atom. The first-order chi connectivity index (χ1) is 15.4. The largest absolute Gasteiger partial charge is 0.497 e. The number of nitrogens with one attached hydrogen (secondary N) is 2. The van der Waals surface area contributed by atoms with Gasteiger partial charge in [-0.15, -0.1) is 11.3 Å². The summed E-state index contributed by atoms with van der Waals surface area (Å²) in [5.74, 6) is 0.324. The molecule has 0 unspecified atom stereocenters. The van der Waals surface area contributed by atoms with Crippen LogP contribution in [-0.4, -0.2) is 47.8 Å². The van der Waals surface area contributed by atoms with Gasteiger partial charge in [-0.1, -0.05) is 0 Å². The summed E-state index contributed by atoms with van der Waals surface area (Å²) in [6.45, 7) is 1.13. The molecule has 1 saturated heterocycles. The molecule has 8 nitrogen and oxygen atoms in total. The van der Waals surface area contributed by atoms with E-state index in [1.165, 1.54) is 31.6 Å². The summed E-state index contributed by atoms with van der Waals surface area (Å²) in [6.07, 6.45) is 5.52. The average Bonchev–Trinajstić information content (AvgIpc) is 3.44. The van der Waals surface area contributed by atoms with Crippen LogP contribution in [0.15, 0.2) is 23.1 Å². The Kier molecular flexibility index (Phi) is 6.92. The molecule has 10 heteroatoms. The SMILES string of the molecule is COc1ccc(OC)c(S(=O)(=O)Nc2sc3c(c2C(=O)NC[C@@H]2CCCO2)CCCC3)c1. The normalized spacial score (nSPS) is 18.1. The molecule has 0 bridgehead atoms. The number of anilines is 1. The molecule has 2 N–H and O–H groups in total. The molecule has 1 aromatic carbocycles. The van der Waals surface area contributed by atoms with E-state index in [2.05, 4.69) is 10.0 Å². The minimum atomic E-state index is -4.02. The van der Waals surface area contributed by atoms with E-state index in [1.54, 1.807) is 12.1 Å². The zero-order chi connectivity index (χ0) is 22.7. The summed E-state index contributed by atoms with van der Waals surface area (Å²) >= 11 is 1.34. The van der Waals surface area contributed by atoms with Gasteiger partial charge in [0.15, 0.2) is 0 Å². The van der Waals surface area contributed by atoms with Crippen LogP contribution in [0.4, 0.5) is 5.00 Å². The number of sulfonamides is 1. The zero-order valence-corrected chi connectivity index (χ0v) is 19.9. The molecule has 1 aliphatic heterocycles. The molecule has 4 rings (SSSR count). The first kappa shape index (κ1) is 22.9. The summed E-state index contributed by atoms with van der Waals surface area (Å²) in [5.41, 5.74) is 1.37. The van der Waals surface area contributed by atoms with Crippen molar-refractivity contribution in [3.63, 3.8) is 0 Å². The highest BCUT2D eigenvalue weighted by Crippen LogP contribution is 2.40. The van der Waals surface area contributed by atoms with Crippen LogP contribution in [0.1, 0.15) is 46.5 Å². The molecule has 0 saturated carbocycles. The zero-order valence-electron chi connectivity index (χ0n) is 18.2. The fourth-order valence-corrected chi connectivity index (χ4v) is 6.93. The van der Waals surface area contributed by atoms with Crippen LogP contribution in [0.5, 0.6) is 11.5 Å². The lowest BCUT2D eigenvalue weighted by atomic mass is 9.95. The van der Waals surface area contributed by atoms with E-state index in [-0.39, 0.29) is 22.7 Å². The molecule has 1 fully saturated rings. The molecular weight excluding hydrogens is 452 g/mol. The Hall–Kier alpha value is -2.30.